The zero-order chi connectivity index (χ0) is 16.5. The molecule has 3 rings (SSSR count). The number of hydrogen-bond acceptors (Lipinski definition) is 5. The number of nitrogens with one attached hydrogen (secondary N) is 1. The second kappa shape index (κ2) is 6.24. The molecule has 6 nitrogen and oxygen atoms in total. The lowest BCUT2D eigenvalue weighted by atomic mass is 10.0. The van der Waals surface area contributed by atoms with E-state index in [0.717, 1.165) is 18.5 Å². The molecule has 1 aromatic carbocycles. The van der Waals surface area contributed by atoms with Crippen molar-refractivity contribution in [3.8, 4) is 0 Å². The Labute approximate surface area is 136 Å². The van der Waals surface area contributed by atoms with E-state index in [1.54, 1.807) is 18.2 Å². The van der Waals surface area contributed by atoms with Crippen molar-refractivity contribution in [1.29, 1.82) is 0 Å². The third kappa shape index (κ3) is 3.42. The predicted octanol–water partition coefficient (Wildman–Crippen LogP) is 1.82. The van der Waals surface area contributed by atoms with Crippen LogP contribution in [-0.2, 0) is 14.8 Å². The van der Waals surface area contributed by atoms with Crippen LogP contribution in [0.4, 0.5) is 0 Å². The number of nitrogens with zero attached hydrogens (tertiary/aromatic N) is 1. The molecular weight excluding hydrogens is 316 g/mol. The average Bonchev–Trinajstić information content (AvgIpc) is 3.02. The molecule has 2 aromatic rings. The summed E-state index contributed by atoms with van der Waals surface area (Å²) < 4.78 is 38.7. The van der Waals surface area contributed by atoms with Crippen LogP contribution in [0, 0.1) is 0 Å². The molecule has 0 atom stereocenters. The van der Waals surface area contributed by atoms with Crippen LogP contribution in [0.1, 0.15) is 13.8 Å². The molecule has 1 N–H and O–H groups in total. The number of morpholine rings is 1. The van der Waals surface area contributed by atoms with E-state index in [-0.39, 0.29) is 10.4 Å². The van der Waals surface area contributed by atoms with Crippen molar-refractivity contribution >= 4 is 21.0 Å². The smallest absolute Gasteiger partial charge is 0.244 e. The molecule has 0 radical (unpaired) electrons. The van der Waals surface area contributed by atoms with E-state index in [1.165, 1.54) is 6.26 Å². The van der Waals surface area contributed by atoms with Crippen molar-refractivity contribution in [2.24, 2.45) is 0 Å². The first-order chi connectivity index (χ1) is 10.9. The highest BCUT2D eigenvalue weighted by Crippen LogP contribution is 2.24. The Bertz CT molecular complexity index is 776. The van der Waals surface area contributed by atoms with Gasteiger partial charge in [-0.15, -0.1) is 0 Å². The molecule has 0 spiro atoms. The lowest BCUT2D eigenvalue weighted by molar-refractivity contribution is -0.00803. The molecule has 0 aliphatic carbocycles. The number of fused-ring (bicyclic) bond motifs is 1. The number of furan rings is 1. The zero-order valence-corrected chi connectivity index (χ0v) is 14.2. The summed E-state index contributed by atoms with van der Waals surface area (Å²) in [5.41, 5.74) is 0.109. The van der Waals surface area contributed by atoms with Crippen LogP contribution >= 0.6 is 0 Å². The molecule has 1 aromatic heterocycles. The Morgan fingerprint density at radius 2 is 1.96 bits per heavy atom. The van der Waals surface area contributed by atoms with Gasteiger partial charge in [0.2, 0.25) is 10.0 Å². The number of hydrogen-bond donors (Lipinski definition) is 1. The maximum atomic E-state index is 12.7. The first kappa shape index (κ1) is 16.4. The van der Waals surface area contributed by atoms with Crippen molar-refractivity contribution < 1.29 is 17.6 Å². The van der Waals surface area contributed by atoms with Crippen molar-refractivity contribution in [3.63, 3.8) is 0 Å². The van der Waals surface area contributed by atoms with Gasteiger partial charge in [0.05, 0.1) is 19.5 Å². The predicted molar refractivity (Wildman–Crippen MR) is 87.9 cm³/mol. The standard InChI is InChI=1S/C16H22N2O4S/c1-16(2,18-7-10-21-11-8-18)12-17-23(19,20)14-5-3-4-13-6-9-22-15(13)14/h3-6,9,17H,7-8,10-12H2,1-2H3. The number of rotatable bonds is 5. The van der Waals surface area contributed by atoms with Gasteiger partial charge in [-0.25, -0.2) is 13.1 Å². The van der Waals surface area contributed by atoms with Crippen LogP contribution in [0.5, 0.6) is 0 Å². The average molecular weight is 338 g/mol. The number of sulfonamides is 1. The molecule has 1 aliphatic heterocycles. The van der Waals surface area contributed by atoms with Crippen LogP contribution in [0.25, 0.3) is 11.0 Å². The molecular formula is C16H22N2O4S. The summed E-state index contributed by atoms with van der Waals surface area (Å²) in [6.07, 6.45) is 1.50. The fourth-order valence-electron chi connectivity index (χ4n) is 2.81. The minimum absolute atomic E-state index is 0.178. The van der Waals surface area contributed by atoms with Gasteiger partial charge in [-0.1, -0.05) is 12.1 Å². The highest BCUT2D eigenvalue weighted by atomic mass is 32.2. The SMILES string of the molecule is CC(C)(CNS(=O)(=O)c1cccc2ccoc12)N1CCOCC1. The third-order valence-electron chi connectivity index (χ3n) is 4.29. The van der Waals surface area contributed by atoms with Gasteiger partial charge >= 0.3 is 0 Å². The Morgan fingerprint density at radius 3 is 2.70 bits per heavy atom. The molecule has 7 heteroatoms. The molecule has 2 heterocycles. The monoisotopic (exact) mass is 338 g/mol. The molecule has 0 saturated carbocycles. The van der Waals surface area contributed by atoms with Gasteiger partial charge < -0.3 is 9.15 Å². The first-order valence-corrected chi connectivity index (χ1v) is 9.17. The normalized spacial score (nSPS) is 17.7. The van der Waals surface area contributed by atoms with Crippen LogP contribution in [0.3, 0.4) is 0 Å². The summed E-state index contributed by atoms with van der Waals surface area (Å²) in [7, 11) is -3.63. The summed E-state index contributed by atoms with van der Waals surface area (Å²) in [5.74, 6) is 0. The zero-order valence-electron chi connectivity index (χ0n) is 13.4. The summed E-state index contributed by atoms with van der Waals surface area (Å²) in [5, 5.41) is 0.778. The van der Waals surface area contributed by atoms with Crippen LogP contribution in [0.15, 0.2) is 39.8 Å². The van der Waals surface area contributed by atoms with E-state index in [2.05, 4.69) is 9.62 Å². The highest BCUT2D eigenvalue weighted by Gasteiger charge is 2.30. The maximum absolute atomic E-state index is 12.7. The quantitative estimate of drug-likeness (QED) is 0.900. The Kier molecular flexibility index (Phi) is 4.46. The molecule has 126 valence electrons. The maximum Gasteiger partial charge on any atom is 0.244 e. The van der Waals surface area contributed by atoms with E-state index in [9.17, 15) is 8.42 Å². The van der Waals surface area contributed by atoms with Crippen molar-refractivity contribution in [2.75, 3.05) is 32.8 Å². The second-order valence-corrected chi connectivity index (χ2v) is 8.07. The molecule has 23 heavy (non-hydrogen) atoms. The minimum atomic E-state index is -3.63. The summed E-state index contributed by atoms with van der Waals surface area (Å²) in [6.45, 7) is 7.38. The Balaban J connectivity index is 1.77. The largest absolute Gasteiger partial charge is 0.463 e. The van der Waals surface area contributed by atoms with Gasteiger partial charge in [-0.3, -0.25) is 4.90 Å². The van der Waals surface area contributed by atoms with Gasteiger partial charge in [-0.2, -0.15) is 0 Å². The van der Waals surface area contributed by atoms with Gasteiger partial charge in [0.1, 0.15) is 4.90 Å². The van der Waals surface area contributed by atoms with Gasteiger partial charge in [0.15, 0.2) is 5.58 Å². The Morgan fingerprint density at radius 1 is 1.22 bits per heavy atom. The van der Waals surface area contributed by atoms with Crippen LogP contribution in [-0.4, -0.2) is 51.7 Å². The van der Waals surface area contributed by atoms with Crippen molar-refractivity contribution in [2.45, 2.75) is 24.3 Å². The fourth-order valence-corrected chi connectivity index (χ4v) is 4.17. The van der Waals surface area contributed by atoms with Crippen molar-refractivity contribution in [3.05, 3.63) is 30.5 Å². The van der Waals surface area contributed by atoms with Crippen molar-refractivity contribution in [1.82, 2.24) is 9.62 Å². The van der Waals surface area contributed by atoms with E-state index in [0.29, 0.717) is 25.3 Å². The van der Waals surface area contributed by atoms with E-state index < -0.39 is 10.0 Å². The molecule has 0 bridgehead atoms. The molecule has 1 saturated heterocycles. The lowest BCUT2D eigenvalue weighted by Gasteiger charge is -2.40. The number of para-hydroxylation sites is 1. The number of ether oxygens (including phenoxy) is 1. The first-order valence-electron chi connectivity index (χ1n) is 7.69. The van der Waals surface area contributed by atoms with E-state index in [1.807, 2.05) is 19.9 Å². The summed E-state index contributed by atoms with van der Waals surface area (Å²) >= 11 is 0. The van der Waals surface area contributed by atoms with Crippen LogP contribution < -0.4 is 4.72 Å². The van der Waals surface area contributed by atoms with E-state index in [4.69, 9.17) is 9.15 Å². The van der Waals surface area contributed by atoms with Crippen LogP contribution in [0.2, 0.25) is 0 Å². The van der Waals surface area contributed by atoms with E-state index >= 15 is 0 Å². The molecule has 0 unspecified atom stereocenters. The van der Waals surface area contributed by atoms with Gasteiger partial charge in [-0.05, 0) is 26.0 Å². The number of benzene rings is 1. The molecule has 1 fully saturated rings. The highest BCUT2D eigenvalue weighted by molar-refractivity contribution is 7.89. The molecule has 1 aliphatic rings. The van der Waals surface area contributed by atoms with Gasteiger partial charge in [0, 0.05) is 30.6 Å². The summed E-state index contributed by atoms with van der Waals surface area (Å²) in [4.78, 5) is 2.42. The summed E-state index contributed by atoms with van der Waals surface area (Å²) in [6, 6.07) is 6.87. The lowest BCUT2D eigenvalue weighted by Crippen LogP contribution is -2.55. The second-order valence-electron chi connectivity index (χ2n) is 6.33. The minimum Gasteiger partial charge on any atom is -0.463 e. The molecule has 0 amide bonds. The third-order valence-corrected chi connectivity index (χ3v) is 5.72. The fraction of sp³-hybridized carbons (Fsp3) is 0.500. The Hall–Kier alpha value is -1.41. The topological polar surface area (TPSA) is 71.8 Å². The van der Waals surface area contributed by atoms with Gasteiger partial charge in [0.25, 0.3) is 0 Å².